The maximum atomic E-state index is 13.3. The predicted molar refractivity (Wildman–Crippen MR) is 130 cm³/mol. The van der Waals surface area contributed by atoms with Crippen LogP contribution < -0.4 is 5.56 Å². The van der Waals surface area contributed by atoms with Gasteiger partial charge in [-0.05, 0) is 69.6 Å². The van der Waals surface area contributed by atoms with Crippen LogP contribution in [0.1, 0.15) is 27.4 Å². The van der Waals surface area contributed by atoms with E-state index in [0.717, 1.165) is 22.0 Å². The van der Waals surface area contributed by atoms with Crippen LogP contribution in [0.25, 0.3) is 10.9 Å². The molecule has 3 heterocycles. The summed E-state index contributed by atoms with van der Waals surface area (Å²) in [5.41, 5.74) is 3.43. The Kier molecular flexibility index (Phi) is 6.29. The van der Waals surface area contributed by atoms with Gasteiger partial charge in [-0.15, -0.1) is 16.4 Å². The number of nitrogens with one attached hydrogen (secondary N) is 1. The molecule has 0 spiro atoms. The van der Waals surface area contributed by atoms with Gasteiger partial charge in [-0.2, -0.15) is 0 Å². The molecule has 0 bridgehead atoms. The molecule has 5 rings (SSSR count). The second-order valence-electron chi connectivity index (χ2n) is 8.32. The first-order valence-corrected chi connectivity index (χ1v) is 11.8. The number of halogens is 1. The van der Waals surface area contributed by atoms with Crippen LogP contribution in [0.2, 0.25) is 0 Å². The lowest BCUT2D eigenvalue weighted by Gasteiger charge is -2.21. The van der Waals surface area contributed by atoms with Crippen molar-refractivity contribution in [2.75, 3.05) is 0 Å². The van der Waals surface area contributed by atoms with Crippen LogP contribution in [0.3, 0.4) is 0 Å². The van der Waals surface area contributed by atoms with Gasteiger partial charge in [0.2, 0.25) is 0 Å². The number of tetrazole rings is 1. The van der Waals surface area contributed by atoms with Crippen molar-refractivity contribution in [3.8, 4) is 0 Å². The van der Waals surface area contributed by atoms with E-state index in [4.69, 9.17) is 0 Å². The molecule has 0 radical (unpaired) electrons. The lowest BCUT2D eigenvalue weighted by Crippen LogP contribution is -2.27. The van der Waals surface area contributed by atoms with E-state index in [1.54, 1.807) is 28.2 Å². The average Bonchev–Trinajstić information content (AvgIpc) is 3.48. The van der Waals surface area contributed by atoms with Crippen molar-refractivity contribution < 1.29 is 4.39 Å². The predicted octanol–water partition coefficient (Wildman–Crippen LogP) is 4.27. The maximum Gasteiger partial charge on any atom is 0.252 e. The first kappa shape index (κ1) is 22.1. The molecule has 0 aliphatic carbocycles. The van der Waals surface area contributed by atoms with E-state index < -0.39 is 0 Å². The third-order valence-corrected chi connectivity index (χ3v) is 6.51. The number of nitrogens with zero attached hydrogens (tertiary/aromatic N) is 5. The van der Waals surface area contributed by atoms with Crippen molar-refractivity contribution >= 4 is 22.2 Å². The van der Waals surface area contributed by atoms with E-state index in [1.165, 1.54) is 17.0 Å². The number of pyridine rings is 1. The molecule has 2 aromatic carbocycles. The van der Waals surface area contributed by atoms with Crippen LogP contribution >= 0.6 is 11.3 Å². The minimum absolute atomic E-state index is 0.0971. The Balaban J connectivity index is 1.41. The second kappa shape index (κ2) is 9.66. The molecule has 0 fully saturated rings. The second-order valence-corrected chi connectivity index (χ2v) is 9.35. The molecule has 0 amide bonds. The number of benzene rings is 2. The van der Waals surface area contributed by atoms with E-state index in [0.29, 0.717) is 37.6 Å². The zero-order valence-corrected chi connectivity index (χ0v) is 19.4. The SMILES string of the molecule is Cc1ccc2cc(CN(Cc3cccs3)Cc3nnnn3Cc3ccc(F)cc3)c(=O)[nH]c2c1. The molecule has 9 heteroatoms. The Morgan fingerprint density at radius 3 is 2.71 bits per heavy atom. The van der Waals surface area contributed by atoms with Gasteiger partial charge in [0.1, 0.15) is 5.82 Å². The monoisotopic (exact) mass is 474 g/mol. The van der Waals surface area contributed by atoms with Gasteiger partial charge in [-0.1, -0.05) is 30.3 Å². The van der Waals surface area contributed by atoms with Crippen LogP contribution in [-0.2, 0) is 26.2 Å². The van der Waals surface area contributed by atoms with E-state index in [2.05, 4.69) is 31.5 Å². The molecular formula is C25H23FN6OS. The summed E-state index contributed by atoms with van der Waals surface area (Å²) in [4.78, 5) is 19.2. The summed E-state index contributed by atoms with van der Waals surface area (Å²) in [5.74, 6) is 0.396. The summed E-state index contributed by atoms with van der Waals surface area (Å²) < 4.78 is 15.0. The Labute approximate surface area is 199 Å². The van der Waals surface area contributed by atoms with Crippen molar-refractivity contribution in [3.63, 3.8) is 0 Å². The van der Waals surface area contributed by atoms with Crippen molar-refractivity contribution in [2.45, 2.75) is 33.1 Å². The minimum atomic E-state index is -0.279. The highest BCUT2D eigenvalue weighted by Crippen LogP contribution is 2.18. The molecule has 172 valence electrons. The number of fused-ring (bicyclic) bond motifs is 1. The summed E-state index contributed by atoms with van der Waals surface area (Å²) >= 11 is 1.67. The van der Waals surface area contributed by atoms with Gasteiger partial charge in [-0.25, -0.2) is 9.07 Å². The topological polar surface area (TPSA) is 79.7 Å². The summed E-state index contributed by atoms with van der Waals surface area (Å²) in [6.07, 6.45) is 0. The molecule has 5 aromatic rings. The average molecular weight is 475 g/mol. The highest BCUT2D eigenvalue weighted by atomic mass is 32.1. The van der Waals surface area contributed by atoms with Crippen molar-refractivity contribution in [1.82, 2.24) is 30.1 Å². The number of H-pyrrole nitrogens is 1. The molecule has 3 aromatic heterocycles. The largest absolute Gasteiger partial charge is 0.322 e. The summed E-state index contributed by atoms with van der Waals surface area (Å²) in [6.45, 7) is 4.00. The molecule has 0 saturated heterocycles. The third-order valence-electron chi connectivity index (χ3n) is 5.65. The molecule has 0 aliphatic heterocycles. The smallest absolute Gasteiger partial charge is 0.252 e. The zero-order chi connectivity index (χ0) is 23.5. The van der Waals surface area contributed by atoms with Crippen LogP contribution in [0, 0.1) is 12.7 Å². The van der Waals surface area contributed by atoms with E-state index in [-0.39, 0.29) is 11.4 Å². The number of aryl methyl sites for hydroxylation is 1. The van der Waals surface area contributed by atoms with Crippen LogP contribution in [-0.4, -0.2) is 30.1 Å². The maximum absolute atomic E-state index is 13.3. The van der Waals surface area contributed by atoms with Gasteiger partial charge >= 0.3 is 0 Å². The van der Waals surface area contributed by atoms with Crippen LogP contribution in [0.15, 0.2) is 70.8 Å². The highest BCUT2D eigenvalue weighted by Gasteiger charge is 2.16. The van der Waals surface area contributed by atoms with Gasteiger partial charge < -0.3 is 4.98 Å². The quantitative estimate of drug-likeness (QED) is 0.363. The highest BCUT2D eigenvalue weighted by molar-refractivity contribution is 7.09. The van der Waals surface area contributed by atoms with Crippen molar-refractivity contribution in [3.05, 3.63) is 110 Å². The Bertz CT molecular complexity index is 1460. The van der Waals surface area contributed by atoms with Gasteiger partial charge in [0.15, 0.2) is 5.82 Å². The fourth-order valence-electron chi connectivity index (χ4n) is 3.93. The third kappa shape index (κ3) is 5.11. The number of aromatic nitrogens is 5. The lowest BCUT2D eigenvalue weighted by atomic mass is 10.1. The van der Waals surface area contributed by atoms with Crippen molar-refractivity contribution in [2.24, 2.45) is 0 Å². The van der Waals surface area contributed by atoms with Gasteiger partial charge in [0.25, 0.3) is 5.56 Å². The van der Waals surface area contributed by atoms with Crippen LogP contribution in [0.5, 0.6) is 0 Å². The Morgan fingerprint density at radius 1 is 1.06 bits per heavy atom. The minimum Gasteiger partial charge on any atom is -0.322 e. The van der Waals surface area contributed by atoms with Gasteiger partial charge in [0.05, 0.1) is 13.1 Å². The van der Waals surface area contributed by atoms with Gasteiger partial charge in [-0.3, -0.25) is 9.69 Å². The standard InChI is InChI=1S/C25H23FN6OS/c1-17-4-7-19-12-20(25(33)27-23(19)11-17)14-31(15-22-3-2-10-34-22)16-24-28-29-30-32(24)13-18-5-8-21(26)9-6-18/h2-12H,13-16H2,1H3,(H,27,33). The Hall–Kier alpha value is -3.69. The Morgan fingerprint density at radius 2 is 1.91 bits per heavy atom. The molecule has 0 aliphatic rings. The molecule has 7 nitrogen and oxygen atoms in total. The molecule has 34 heavy (non-hydrogen) atoms. The summed E-state index contributed by atoms with van der Waals surface area (Å²) in [6, 6.07) is 18.4. The van der Waals surface area contributed by atoms with Crippen molar-refractivity contribution in [1.29, 1.82) is 0 Å². The normalized spacial score (nSPS) is 11.5. The number of aromatic amines is 1. The van der Waals surface area contributed by atoms with E-state index >= 15 is 0 Å². The number of rotatable bonds is 8. The molecule has 1 N–H and O–H groups in total. The zero-order valence-electron chi connectivity index (χ0n) is 18.6. The van der Waals surface area contributed by atoms with Gasteiger partial charge in [0, 0.05) is 29.0 Å². The fraction of sp³-hybridized carbons (Fsp3) is 0.200. The van der Waals surface area contributed by atoms with Crippen LogP contribution in [0.4, 0.5) is 4.39 Å². The van der Waals surface area contributed by atoms with E-state index in [1.807, 2.05) is 42.6 Å². The number of hydrogen-bond acceptors (Lipinski definition) is 6. The first-order valence-electron chi connectivity index (χ1n) is 10.9. The summed E-state index contributed by atoms with van der Waals surface area (Å²) in [7, 11) is 0. The first-order chi connectivity index (χ1) is 16.5. The number of thiophene rings is 1. The van der Waals surface area contributed by atoms with E-state index in [9.17, 15) is 9.18 Å². The molecular weight excluding hydrogens is 451 g/mol. The molecule has 0 unspecified atom stereocenters. The lowest BCUT2D eigenvalue weighted by molar-refractivity contribution is 0.238. The summed E-state index contributed by atoms with van der Waals surface area (Å²) in [5, 5.41) is 15.2. The molecule has 0 saturated carbocycles. The fourth-order valence-corrected chi connectivity index (χ4v) is 4.68. The molecule has 0 atom stereocenters. The number of hydrogen-bond donors (Lipinski definition) is 1.